The van der Waals surface area contributed by atoms with Crippen molar-refractivity contribution in [3.8, 4) is 28.1 Å². The summed E-state index contributed by atoms with van der Waals surface area (Å²) < 4.78 is 21.1. The highest BCUT2D eigenvalue weighted by Gasteiger charge is 2.26. The Morgan fingerprint density at radius 2 is 1.93 bits per heavy atom. The average molecular weight is 380 g/mol. The van der Waals surface area contributed by atoms with E-state index in [4.69, 9.17) is 10.3 Å². The van der Waals surface area contributed by atoms with Crippen LogP contribution in [0.4, 0.5) is 4.39 Å². The quantitative estimate of drug-likeness (QED) is 0.211. The van der Waals surface area contributed by atoms with Gasteiger partial charge >= 0.3 is 0 Å². The van der Waals surface area contributed by atoms with E-state index in [1.807, 2.05) is 24.3 Å². The number of aromatic hydroxyl groups is 1. The number of oxime groups is 1. The maximum atomic E-state index is 14.2. The fraction of sp³-hybridized carbons (Fsp3) is 0.100. The molecule has 4 N–H and O–H groups in total. The van der Waals surface area contributed by atoms with Crippen molar-refractivity contribution in [1.29, 1.82) is 0 Å². The van der Waals surface area contributed by atoms with E-state index in [0.29, 0.717) is 39.4 Å². The second kappa shape index (κ2) is 6.41. The topological polar surface area (TPSA) is 110 Å². The first-order valence-electron chi connectivity index (χ1n) is 8.47. The van der Waals surface area contributed by atoms with Crippen molar-refractivity contribution in [2.75, 3.05) is 0 Å². The van der Waals surface area contributed by atoms with Gasteiger partial charge in [-0.3, -0.25) is 4.57 Å². The Morgan fingerprint density at radius 1 is 1.18 bits per heavy atom. The summed E-state index contributed by atoms with van der Waals surface area (Å²) in [4.78, 5) is 0. The minimum Gasteiger partial charge on any atom is -0.505 e. The van der Waals surface area contributed by atoms with Crippen LogP contribution >= 0.6 is 0 Å². The molecule has 28 heavy (non-hydrogen) atoms. The van der Waals surface area contributed by atoms with Gasteiger partial charge in [-0.1, -0.05) is 34.6 Å². The maximum Gasteiger partial charge on any atom is 0.242 e. The molecule has 142 valence electrons. The number of hydrogen-bond acceptors (Lipinski definition) is 5. The van der Waals surface area contributed by atoms with Gasteiger partial charge in [-0.25, -0.2) is 4.39 Å². The van der Waals surface area contributed by atoms with E-state index in [2.05, 4.69) is 10.3 Å². The smallest absolute Gasteiger partial charge is 0.242 e. The summed E-state index contributed by atoms with van der Waals surface area (Å²) in [7, 11) is 0. The van der Waals surface area contributed by atoms with Gasteiger partial charge in [-0.15, -0.1) is 0 Å². The molecule has 0 amide bonds. The predicted molar refractivity (Wildman–Crippen MR) is 103 cm³/mol. The summed E-state index contributed by atoms with van der Waals surface area (Å²) in [5.41, 5.74) is 9.66. The zero-order valence-electron chi connectivity index (χ0n) is 15.1. The van der Waals surface area contributed by atoms with Crippen LogP contribution in [0.2, 0.25) is 0 Å². The Bertz CT molecular complexity index is 1220. The largest absolute Gasteiger partial charge is 0.505 e. The number of benzene rings is 2. The highest BCUT2D eigenvalue weighted by Crippen LogP contribution is 2.43. The molecule has 0 spiro atoms. The Labute approximate surface area is 159 Å². The van der Waals surface area contributed by atoms with Gasteiger partial charge in [0.15, 0.2) is 11.6 Å². The number of halogens is 1. The Hall–Kier alpha value is -3.81. The number of para-hydroxylation sites is 1. The summed E-state index contributed by atoms with van der Waals surface area (Å²) in [5.74, 6) is -0.810. The number of aromatic nitrogens is 2. The molecule has 2 aromatic carbocycles. The van der Waals surface area contributed by atoms with Gasteiger partial charge in [0.25, 0.3) is 0 Å². The number of hydrogen-bond donors (Lipinski definition) is 3. The molecule has 0 unspecified atom stereocenters. The predicted octanol–water partition coefficient (Wildman–Crippen LogP) is 3.98. The van der Waals surface area contributed by atoms with Gasteiger partial charge < -0.3 is 20.6 Å². The summed E-state index contributed by atoms with van der Waals surface area (Å²) >= 11 is 0. The molecule has 0 saturated heterocycles. The van der Waals surface area contributed by atoms with Crippen LogP contribution in [-0.2, 0) is 0 Å². The maximum absolute atomic E-state index is 14.2. The normalized spacial score (nSPS) is 12.0. The molecule has 0 radical (unpaired) electrons. The van der Waals surface area contributed by atoms with Gasteiger partial charge in [0.2, 0.25) is 5.96 Å². The zero-order chi connectivity index (χ0) is 20.0. The van der Waals surface area contributed by atoms with Crippen molar-refractivity contribution in [2.45, 2.75) is 13.8 Å². The number of phenols is 1. The zero-order valence-corrected chi connectivity index (χ0v) is 15.1. The average Bonchev–Trinajstić information content (AvgIpc) is 3.19. The van der Waals surface area contributed by atoms with E-state index in [-0.39, 0.29) is 5.96 Å². The Kier molecular flexibility index (Phi) is 4.03. The van der Waals surface area contributed by atoms with Gasteiger partial charge in [0.1, 0.15) is 5.76 Å². The molecule has 0 fully saturated rings. The molecule has 4 rings (SSSR count). The van der Waals surface area contributed by atoms with Gasteiger partial charge in [-0.05, 0) is 37.6 Å². The fourth-order valence-corrected chi connectivity index (χ4v) is 3.54. The molecule has 0 saturated carbocycles. The molecule has 0 bridgehead atoms. The molecular formula is C20H17FN4O3. The first-order valence-corrected chi connectivity index (χ1v) is 8.47. The van der Waals surface area contributed by atoms with Crippen LogP contribution in [0.3, 0.4) is 0 Å². The first-order chi connectivity index (χ1) is 13.4. The highest BCUT2D eigenvalue weighted by atomic mass is 19.1. The number of phenolic OH excluding ortho intramolecular Hbond substituents is 1. The molecule has 2 aromatic heterocycles. The van der Waals surface area contributed by atoms with Crippen LogP contribution in [-0.4, -0.2) is 26.0 Å². The van der Waals surface area contributed by atoms with E-state index >= 15 is 0 Å². The summed E-state index contributed by atoms with van der Waals surface area (Å²) in [6, 6.07) is 11.5. The molecule has 0 aliphatic carbocycles. The lowest BCUT2D eigenvalue weighted by atomic mass is 9.97. The van der Waals surface area contributed by atoms with Crippen molar-refractivity contribution >= 4 is 16.9 Å². The fourth-order valence-electron chi connectivity index (χ4n) is 3.54. The van der Waals surface area contributed by atoms with E-state index in [1.165, 1.54) is 12.1 Å². The number of rotatable bonds is 2. The lowest BCUT2D eigenvalue weighted by Crippen LogP contribution is -2.23. The molecule has 4 aromatic rings. The third-order valence-corrected chi connectivity index (χ3v) is 4.71. The Morgan fingerprint density at radius 3 is 2.57 bits per heavy atom. The van der Waals surface area contributed by atoms with Crippen molar-refractivity contribution < 1.29 is 19.2 Å². The molecule has 8 heteroatoms. The van der Waals surface area contributed by atoms with Crippen molar-refractivity contribution in [3.63, 3.8) is 0 Å². The first kappa shape index (κ1) is 17.6. The van der Waals surface area contributed by atoms with Crippen molar-refractivity contribution in [3.05, 3.63) is 59.7 Å². The lowest BCUT2D eigenvalue weighted by molar-refractivity contribution is 0.316. The minimum absolute atomic E-state index is 0.156. The van der Waals surface area contributed by atoms with Crippen molar-refractivity contribution in [2.24, 2.45) is 10.9 Å². The van der Waals surface area contributed by atoms with Crippen LogP contribution in [0, 0.1) is 19.7 Å². The molecule has 7 nitrogen and oxygen atoms in total. The summed E-state index contributed by atoms with van der Waals surface area (Å²) in [6.45, 7) is 3.53. The third-order valence-electron chi connectivity index (χ3n) is 4.71. The minimum atomic E-state index is -0.747. The van der Waals surface area contributed by atoms with Crippen LogP contribution in [0.25, 0.3) is 33.3 Å². The molecule has 2 heterocycles. The summed E-state index contributed by atoms with van der Waals surface area (Å²) in [5, 5.41) is 26.9. The molecule has 0 aliphatic rings. The standard InChI is InChI=1S/C20H17FN4O3/c1-10-17(11(2)28-24-10)19-18(12-7-8-16(26)14(21)9-12)13-5-3-4-6-15(13)25(19)20(22)23-27/h3-9,26-27H,1-2H3,(H2,22,23). The van der Waals surface area contributed by atoms with Crippen LogP contribution in [0.15, 0.2) is 52.1 Å². The summed E-state index contributed by atoms with van der Waals surface area (Å²) in [6.07, 6.45) is 0. The van der Waals surface area contributed by atoms with Gasteiger partial charge in [0.05, 0.1) is 22.5 Å². The number of fused-ring (bicyclic) bond motifs is 1. The van der Waals surface area contributed by atoms with E-state index < -0.39 is 11.6 Å². The van der Waals surface area contributed by atoms with Crippen LogP contribution in [0.5, 0.6) is 5.75 Å². The molecule has 0 atom stereocenters. The number of aryl methyl sites for hydroxylation is 2. The number of nitrogens with two attached hydrogens (primary N) is 1. The van der Waals surface area contributed by atoms with Gasteiger partial charge in [-0.2, -0.15) is 0 Å². The monoisotopic (exact) mass is 380 g/mol. The van der Waals surface area contributed by atoms with Gasteiger partial charge in [0, 0.05) is 10.9 Å². The highest BCUT2D eigenvalue weighted by molar-refractivity contribution is 6.10. The second-order valence-electron chi connectivity index (χ2n) is 6.40. The third kappa shape index (κ3) is 2.50. The van der Waals surface area contributed by atoms with E-state index in [9.17, 15) is 14.7 Å². The second-order valence-corrected chi connectivity index (χ2v) is 6.40. The Balaban J connectivity index is 2.23. The SMILES string of the molecule is Cc1noc(C)c1-c1c(-c2ccc(O)c(F)c2)c2ccccc2n1/C(N)=N/O. The molecular weight excluding hydrogens is 363 g/mol. The van der Waals surface area contributed by atoms with E-state index in [0.717, 1.165) is 5.39 Å². The van der Waals surface area contributed by atoms with Crippen molar-refractivity contribution in [1.82, 2.24) is 9.72 Å². The van der Waals surface area contributed by atoms with Crippen LogP contribution in [0.1, 0.15) is 11.5 Å². The lowest BCUT2D eigenvalue weighted by Gasteiger charge is -2.11. The van der Waals surface area contributed by atoms with Crippen LogP contribution < -0.4 is 5.73 Å². The molecule has 0 aliphatic heterocycles. The number of nitrogens with zero attached hydrogens (tertiary/aromatic N) is 3. The van der Waals surface area contributed by atoms with E-state index in [1.54, 1.807) is 24.5 Å².